The Bertz CT molecular complexity index is 651. The van der Waals surface area contributed by atoms with Gasteiger partial charge < -0.3 is 16.0 Å². The minimum absolute atomic E-state index is 0.0123. The van der Waals surface area contributed by atoms with Crippen molar-refractivity contribution in [2.75, 3.05) is 13.1 Å². The van der Waals surface area contributed by atoms with Crippen LogP contribution in [0, 0.1) is 5.41 Å². The number of carbonyl (C=O) groups is 2. The van der Waals surface area contributed by atoms with Gasteiger partial charge in [0.15, 0.2) is 5.96 Å². The molecule has 24 heavy (non-hydrogen) atoms. The van der Waals surface area contributed by atoms with Crippen molar-refractivity contribution in [3.05, 3.63) is 34.9 Å². The highest BCUT2D eigenvalue weighted by atomic mass is 35.5. The summed E-state index contributed by atoms with van der Waals surface area (Å²) in [4.78, 5) is 25.7. The van der Waals surface area contributed by atoms with Crippen LogP contribution in [0.15, 0.2) is 24.3 Å². The second kappa shape index (κ2) is 7.53. The van der Waals surface area contributed by atoms with E-state index >= 15 is 0 Å². The smallest absolute Gasteiger partial charge is 0.314 e. The number of rotatable bonds is 6. The number of hydrogen-bond donors (Lipinski definition) is 4. The highest BCUT2D eigenvalue weighted by Crippen LogP contribution is 2.20. The maximum atomic E-state index is 12.7. The van der Waals surface area contributed by atoms with E-state index in [1.165, 1.54) is 4.90 Å². The fourth-order valence-electron chi connectivity index (χ4n) is 2.43. The molecule has 3 amide bonds. The van der Waals surface area contributed by atoms with Crippen LogP contribution >= 0.6 is 11.6 Å². The first-order chi connectivity index (χ1) is 11.4. The molecule has 0 spiro atoms. The van der Waals surface area contributed by atoms with E-state index in [1.807, 2.05) is 13.0 Å². The molecule has 1 aromatic rings. The van der Waals surface area contributed by atoms with E-state index in [0.29, 0.717) is 11.6 Å². The molecule has 1 heterocycles. The molecular formula is C16H22ClN5O2. The van der Waals surface area contributed by atoms with E-state index in [-0.39, 0.29) is 31.0 Å². The molecule has 0 aromatic heterocycles. The van der Waals surface area contributed by atoms with Gasteiger partial charge in [0.25, 0.3) is 5.91 Å². The number of carbonyl (C=O) groups excluding carboxylic acids is 2. The van der Waals surface area contributed by atoms with Crippen LogP contribution in [0.1, 0.15) is 25.8 Å². The van der Waals surface area contributed by atoms with Crippen molar-refractivity contribution < 1.29 is 9.59 Å². The number of hydrogen-bond acceptors (Lipinski definition) is 3. The third-order valence-electron chi connectivity index (χ3n) is 3.75. The molecule has 1 saturated heterocycles. The van der Waals surface area contributed by atoms with Crippen LogP contribution < -0.4 is 16.0 Å². The Kier molecular flexibility index (Phi) is 5.66. The van der Waals surface area contributed by atoms with E-state index < -0.39 is 5.54 Å². The van der Waals surface area contributed by atoms with Gasteiger partial charge in [-0.1, -0.05) is 30.7 Å². The zero-order valence-corrected chi connectivity index (χ0v) is 14.5. The van der Waals surface area contributed by atoms with Gasteiger partial charge >= 0.3 is 6.03 Å². The number of amides is 3. The van der Waals surface area contributed by atoms with Gasteiger partial charge in [0.2, 0.25) is 0 Å². The lowest BCUT2D eigenvalue weighted by Gasteiger charge is -2.22. The SMILES string of the molecule is CCCNC(=O)NCC1(C)NC(=N)N(Cc2cccc(Cl)c2)C1=O. The summed E-state index contributed by atoms with van der Waals surface area (Å²) in [5.41, 5.74) is -0.209. The number of nitrogens with zero attached hydrogens (tertiary/aromatic N) is 1. The molecule has 130 valence electrons. The molecule has 0 bridgehead atoms. The number of nitrogens with one attached hydrogen (secondary N) is 4. The number of urea groups is 1. The Morgan fingerprint density at radius 3 is 2.83 bits per heavy atom. The van der Waals surface area contributed by atoms with Crippen molar-refractivity contribution in [1.29, 1.82) is 5.41 Å². The molecule has 1 aromatic carbocycles. The Labute approximate surface area is 146 Å². The zero-order valence-electron chi connectivity index (χ0n) is 13.8. The maximum absolute atomic E-state index is 12.7. The normalized spacial score (nSPS) is 20.0. The molecule has 1 atom stereocenters. The third kappa shape index (κ3) is 4.17. The quantitative estimate of drug-likeness (QED) is 0.627. The Balaban J connectivity index is 2.00. The van der Waals surface area contributed by atoms with Crippen LogP contribution in [0.4, 0.5) is 4.79 Å². The molecule has 1 unspecified atom stereocenters. The van der Waals surface area contributed by atoms with Crippen LogP contribution in [0.3, 0.4) is 0 Å². The Morgan fingerprint density at radius 2 is 2.17 bits per heavy atom. The molecule has 2 rings (SSSR count). The average molecular weight is 352 g/mol. The van der Waals surface area contributed by atoms with Gasteiger partial charge in [-0.2, -0.15) is 0 Å². The topological polar surface area (TPSA) is 97.3 Å². The fourth-order valence-corrected chi connectivity index (χ4v) is 2.64. The molecule has 8 heteroatoms. The van der Waals surface area contributed by atoms with E-state index in [2.05, 4.69) is 16.0 Å². The van der Waals surface area contributed by atoms with Gasteiger partial charge in [-0.3, -0.25) is 15.1 Å². The lowest BCUT2D eigenvalue weighted by molar-refractivity contribution is -0.130. The molecule has 4 N–H and O–H groups in total. The van der Waals surface area contributed by atoms with E-state index in [9.17, 15) is 9.59 Å². The van der Waals surface area contributed by atoms with Crippen molar-refractivity contribution in [2.45, 2.75) is 32.4 Å². The third-order valence-corrected chi connectivity index (χ3v) is 3.98. The number of guanidine groups is 1. The van der Waals surface area contributed by atoms with Gasteiger partial charge in [0.1, 0.15) is 5.54 Å². The lowest BCUT2D eigenvalue weighted by atomic mass is 10.0. The lowest BCUT2D eigenvalue weighted by Crippen LogP contribution is -2.54. The summed E-state index contributed by atoms with van der Waals surface area (Å²) in [6, 6.07) is 6.83. The maximum Gasteiger partial charge on any atom is 0.314 e. The number of benzene rings is 1. The highest BCUT2D eigenvalue weighted by molar-refractivity contribution is 6.30. The van der Waals surface area contributed by atoms with Crippen LogP contribution in [0.25, 0.3) is 0 Å². The van der Waals surface area contributed by atoms with Crippen molar-refractivity contribution in [2.24, 2.45) is 0 Å². The van der Waals surface area contributed by atoms with Gasteiger partial charge in [0, 0.05) is 11.6 Å². The Morgan fingerprint density at radius 1 is 1.42 bits per heavy atom. The first-order valence-electron chi connectivity index (χ1n) is 7.80. The summed E-state index contributed by atoms with van der Waals surface area (Å²) in [5.74, 6) is -0.249. The summed E-state index contributed by atoms with van der Waals surface area (Å²) >= 11 is 5.96. The molecule has 0 aliphatic carbocycles. The molecular weight excluding hydrogens is 330 g/mol. The van der Waals surface area contributed by atoms with Crippen LogP contribution in [-0.4, -0.2) is 41.4 Å². The van der Waals surface area contributed by atoms with Gasteiger partial charge in [-0.25, -0.2) is 4.79 Å². The predicted molar refractivity (Wildman–Crippen MR) is 93.0 cm³/mol. The predicted octanol–water partition coefficient (Wildman–Crippen LogP) is 1.67. The molecule has 0 saturated carbocycles. The summed E-state index contributed by atoms with van der Waals surface area (Å²) < 4.78 is 0. The van der Waals surface area contributed by atoms with Crippen molar-refractivity contribution >= 4 is 29.5 Å². The Hall–Kier alpha value is -2.28. The second-order valence-electron chi connectivity index (χ2n) is 5.94. The monoisotopic (exact) mass is 351 g/mol. The van der Waals surface area contributed by atoms with Gasteiger partial charge in [-0.15, -0.1) is 0 Å². The van der Waals surface area contributed by atoms with Crippen LogP contribution in [-0.2, 0) is 11.3 Å². The van der Waals surface area contributed by atoms with Crippen molar-refractivity contribution in [3.63, 3.8) is 0 Å². The van der Waals surface area contributed by atoms with Crippen molar-refractivity contribution in [3.8, 4) is 0 Å². The fraction of sp³-hybridized carbons (Fsp3) is 0.438. The molecule has 0 radical (unpaired) electrons. The van der Waals surface area contributed by atoms with Gasteiger partial charge in [0.05, 0.1) is 13.1 Å². The highest BCUT2D eigenvalue weighted by Gasteiger charge is 2.46. The molecule has 7 nitrogen and oxygen atoms in total. The minimum Gasteiger partial charge on any atom is -0.340 e. The summed E-state index contributed by atoms with van der Waals surface area (Å²) in [6.07, 6.45) is 0.833. The van der Waals surface area contributed by atoms with E-state index in [1.54, 1.807) is 25.1 Å². The summed E-state index contributed by atoms with van der Waals surface area (Å²) in [7, 11) is 0. The summed E-state index contributed by atoms with van der Waals surface area (Å²) in [6.45, 7) is 4.54. The molecule has 1 fully saturated rings. The standard InChI is InChI=1S/C16H22ClN5O2/c1-3-7-19-15(24)20-10-16(2)13(23)22(14(18)21-16)9-11-5-4-6-12(17)8-11/h4-6,8H,3,7,9-10H2,1-2H3,(H2,18,21)(H2,19,20,24). The van der Waals surface area contributed by atoms with Crippen LogP contribution in [0.5, 0.6) is 0 Å². The average Bonchev–Trinajstić information content (AvgIpc) is 2.75. The van der Waals surface area contributed by atoms with E-state index in [4.69, 9.17) is 17.0 Å². The zero-order chi connectivity index (χ0) is 17.7. The number of halogens is 1. The first-order valence-corrected chi connectivity index (χ1v) is 8.18. The van der Waals surface area contributed by atoms with Crippen LogP contribution in [0.2, 0.25) is 5.02 Å². The second-order valence-corrected chi connectivity index (χ2v) is 6.37. The molecule has 1 aliphatic heterocycles. The largest absolute Gasteiger partial charge is 0.340 e. The van der Waals surface area contributed by atoms with E-state index in [0.717, 1.165) is 12.0 Å². The van der Waals surface area contributed by atoms with Gasteiger partial charge in [-0.05, 0) is 31.0 Å². The first kappa shape index (κ1) is 18.1. The summed E-state index contributed by atoms with van der Waals surface area (Å²) in [5, 5.41) is 16.8. The minimum atomic E-state index is -1.04. The van der Waals surface area contributed by atoms with Crippen molar-refractivity contribution in [1.82, 2.24) is 20.9 Å². The molecule has 1 aliphatic rings.